The highest BCUT2D eigenvalue weighted by Crippen LogP contribution is 2.22. The maximum atomic E-state index is 11.9. The summed E-state index contributed by atoms with van der Waals surface area (Å²) in [6.45, 7) is 0.313. The van der Waals surface area contributed by atoms with Gasteiger partial charge in [-0.1, -0.05) is 29.8 Å². The Bertz CT molecular complexity index is 647. The first-order chi connectivity index (χ1) is 10.6. The van der Waals surface area contributed by atoms with Crippen LogP contribution in [-0.2, 0) is 11.3 Å². The molecule has 0 aliphatic rings. The van der Waals surface area contributed by atoms with E-state index in [4.69, 9.17) is 16.3 Å². The third-order valence-electron chi connectivity index (χ3n) is 2.96. The summed E-state index contributed by atoms with van der Waals surface area (Å²) >= 11 is 5.97. The van der Waals surface area contributed by atoms with Crippen molar-refractivity contribution in [1.82, 2.24) is 10.3 Å². The monoisotopic (exact) mass is 319 g/mol. The molecule has 1 aromatic heterocycles. The second-order valence-electron chi connectivity index (χ2n) is 4.88. The van der Waals surface area contributed by atoms with Crippen molar-refractivity contribution in [3.05, 3.63) is 53.2 Å². The number of anilines is 1. The summed E-state index contributed by atoms with van der Waals surface area (Å²) in [6.07, 6.45) is 1.72. The van der Waals surface area contributed by atoms with Crippen molar-refractivity contribution in [2.24, 2.45) is 0 Å². The van der Waals surface area contributed by atoms with Crippen LogP contribution >= 0.6 is 11.6 Å². The van der Waals surface area contributed by atoms with Gasteiger partial charge < -0.3 is 15.0 Å². The zero-order chi connectivity index (χ0) is 15.9. The zero-order valence-electron chi connectivity index (χ0n) is 12.5. The van der Waals surface area contributed by atoms with Gasteiger partial charge in [0.1, 0.15) is 11.6 Å². The minimum atomic E-state index is -0.214. The van der Waals surface area contributed by atoms with Crippen LogP contribution in [0.5, 0.6) is 5.75 Å². The lowest BCUT2D eigenvalue weighted by Crippen LogP contribution is -2.29. The van der Waals surface area contributed by atoms with Crippen molar-refractivity contribution in [2.45, 2.75) is 6.54 Å². The van der Waals surface area contributed by atoms with Gasteiger partial charge in [-0.2, -0.15) is 0 Å². The molecule has 2 rings (SSSR count). The molecule has 0 atom stereocenters. The smallest absolute Gasteiger partial charge is 0.258 e. The molecule has 5 nitrogen and oxygen atoms in total. The SMILES string of the molecule is CN(C)c1ncccc1CNC(=O)COc1ccccc1Cl. The number of carbonyl (C=O) groups is 1. The first-order valence-corrected chi connectivity index (χ1v) is 7.21. The molecule has 0 radical (unpaired) electrons. The number of carbonyl (C=O) groups excluding carboxylic acids is 1. The van der Waals surface area contributed by atoms with Crippen LogP contribution in [0, 0.1) is 0 Å². The summed E-state index contributed by atoms with van der Waals surface area (Å²) in [7, 11) is 3.82. The van der Waals surface area contributed by atoms with Gasteiger partial charge in [0.2, 0.25) is 0 Å². The lowest BCUT2D eigenvalue weighted by atomic mass is 10.2. The Balaban J connectivity index is 1.87. The van der Waals surface area contributed by atoms with Gasteiger partial charge >= 0.3 is 0 Å². The highest BCUT2D eigenvalue weighted by Gasteiger charge is 2.08. The van der Waals surface area contributed by atoms with Crippen molar-refractivity contribution < 1.29 is 9.53 Å². The average molecular weight is 320 g/mol. The van der Waals surface area contributed by atoms with Gasteiger partial charge in [0.15, 0.2) is 6.61 Å². The predicted octanol–water partition coefficient (Wildman–Crippen LogP) is 2.50. The summed E-state index contributed by atoms with van der Waals surface area (Å²) in [5.41, 5.74) is 0.943. The largest absolute Gasteiger partial charge is 0.482 e. The lowest BCUT2D eigenvalue weighted by molar-refractivity contribution is -0.123. The number of benzene rings is 1. The third kappa shape index (κ3) is 4.36. The van der Waals surface area contributed by atoms with Crippen LogP contribution in [0.1, 0.15) is 5.56 Å². The van der Waals surface area contributed by atoms with E-state index in [0.717, 1.165) is 11.4 Å². The standard InChI is InChI=1S/C16H18ClN3O2/c1-20(2)16-12(6-5-9-18-16)10-19-15(21)11-22-14-8-4-3-7-13(14)17/h3-9H,10-11H2,1-2H3,(H,19,21). The van der Waals surface area contributed by atoms with E-state index in [2.05, 4.69) is 10.3 Å². The molecule has 1 amide bonds. The van der Waals surface area contributed by atoms with Gasteiger partial charge in [0, 0.05) is 32.4 Å². The fourth-order valence-electron chi connectivity index (χ4n) is 1.92. The van der Waals surface area contributed by atoms with Gasteiger partial charge in [-0.05, 0) is 18.2 Å². The van der Waals surface area contributed by atoms with E-state index >= 15 is 0 Å². The molecule has 1 N–H and O–H groups in total. The molecule has 2 aromatic rings. The van der Waals surface area contributed by atoms with Gasteiger partial charge in [0.25, 0.3) is 5.91 Å². The summed E-state index contributed by atoms with van der Waals surface area (Å²) in [5.74, 6) is 1.11. The molecular weight excluding hydrogens is 302 g/mol. The van der Waals surface area contributed by atoms with Crippen LogP contribution in [0.4, 0.5) is 5.82 Å². The number of halogens is 1. The maximum Gasteiger partial charge on any atom is 0.258 e. The first-order valence-electron chi connectivity index (χ1n) is 6.83. The molecule has 1 aromatic carbocycles. The van der Waals surface area contributed by atoms with Gasteiger partial charge in [-0.15, -0.1) is 0 Å². The molecule has 0 saturated carbocycles. The van der Waals surface area contributed by atoms with Gasteiger partial charge in [-0.25, -0.2) is 4.98 Å². The van der Waals surface area contributed by atoms with Gasteiger partial charge in [0.05, 0.1) is 5.02 Å². The summed E-state index contributed by atoms with van der Waals surface area (Å²) < 4.78 is 5.39. The van der Waals surface area contributed by atoms with E-state index in [9.17, 15) is 4.79 Å². The molecule has 1 heterocycles. The predicted molar refractivity (Wildman–Crippen MR) is 87.4 cm³/mol. The van der Waals surface area contributed by atoms with Crippen molar-refractivity contribution >= 4 is 23.3 Å². The molecule has 0 saturated heterocycles. The van der Waals surface area contributed by atoms with Crippen LogP contribution in [0.15, 0.2) is 42.6 Å². The summed E-state index contributed by atoms with van der Waals surface area (Å²) in [6, 6.07) is 10.8. The van der Waals surface area contributed by atoms with Crippen molar-refractivity contribution in [2.75, 3.05) is 25.6 Å². The van der Waals surface area contributed by atoms with Crippen LogP contribution < -0.4 is 15.0 Å². The Labute approximate surface area is 134 Å². The number of amides is 1. The topological polar surface area (TPSA) is 54.5 Å². The van der Waals surface area contributed by atoms with Gasteiger partial charge in [-0.3, -0.25) is 4.79 Å². The number of pyridine rings is 1. The molecule has 0 aliphatic heterocycles. The first kappa shape index (κ1) is 16.1. The number of aromatic nitrogens is 1. The van der Waals surface area contributed by atoms with E-state index in [-0.39, 0.29) is 12.5 Å². The maximum absolute atomic E-state index is 11.9. The van der Waals surface area contributed by atoms with Crippen LogP contribution in [-0.4, -0.2) is 31.6 Å². The van der Waals surface area contributed by atoms with E-state index in [1.165, 1.54) is 0 Å². The fraction of sp³-hybridized carbons (Fsp3) is 0.250. The van der Waals surface area contributed by atoms with E-state index in [1.807, 2.05) is 31.1 Å². The Morgan fingerprint density at radius 3 is 2.77 bits per heavy atom. The van der Waals surface area contributed by atoms with Crippen LogP contribution in [0.2, 0.25) is 5.02 Å². The Morgan fingerprint density at radius 2 is 2.05 bits per heavy atom. The quantitative estimate of drug-likeness (QED) is 0.889. The second kappa shape index (κ2) is 7.66. The highest BCUT2D eigenvalue weighted by molar-refractivity contribution is 6.32. The third-order valence-corrected chi connectivity index (χ3v) is 3.27. The summed E-state index contributed by atoms with van der Waals surface area (Å²) in [4.78, 5) is 18.1. The second-order valence-corrected chi connectivity index (χ2v) is 5.28. The molecule has 0 unspecified atom stereocenters. The number of nitrogens with one attached hydrogen (secondary N) is 1. The lowest BCUT2D eigenvalue weighted by Gasteiger charge is -2.16. The van der Waals surface area contributed by atoms with Crippen molar-refractivity contribution in [1.29, 1.82) is 0 Å². The Hall–Kier alpha value is -2.27. The Morgan fingerprint density at radius 1 is 1.27 bits per heavy atom. The highest BCUT2D eigenvalue weighted by atomic mass is 35.5. The average Bonchev–Trinajstić information content (AvgIpc) is 2.52. The summed E-state index contributed by atoms with van der Waals surface area (Å²) in [5, 5.41) is 3.29. The molecule has 0 spiro atoms. The molecule has 116 valence electrons. The molecule has 22 heavy (non-hydrogen) atoms. The minimum Gasteiger partial charge on any atom is -0.482 e. The van der Waals surface area contributed by atoms with E-state index in [1.54, 1.807) is 30.5 Å². The fourth-order valence-corrected chi connectivity index (χ4v) is 2.11. The van der Waals surface area contributed by atoms with E-state index < -0.39 is 0 Å². The zero-order valence-corrected chi connectivity index (χ0v) is 13.3. The molecular formula is C16H18ClN3O2. The molecule has 0 fully saturated rings. The number of ether oxygens (including phenoxy) is 1. The van der Waals surface area contributed by atoms with E-state index in [0.29, 0.717) is 17.3 Å². The van der Waals surface area contributed by atoms with Crippen LogP contribution in [0.3, 0.4) is 0 Å². The number of rotatable bonds is 6. The molecule has 0 aliphatic carbocycles. The van der Waals surface area contributed by atoms with Crippen molar-refractivity contribution in [3.63, 3.8) is 0 Å². The minimum absolute atomic E-state index is 0.0821. The van der Waals surface area contributed by atoms with Crippen LogP contribution in [0.25, 0.3) is 0 Å². The number of hydrogen-bond donors (Lipinski definition) is 1. The Kier molecular flexibility index (Phi) is 5.61. The molecule has 6 heteroatoms. The normalized spacial score (nSPS) is 10.1. The van der Waals surface area contributed by atoms with Crippen molar-refractivity contribution in [3.8, 4) is 5.75 Å². The number of nitrogens with zero attached hydrogens (tertiary/aromatic N) is 2. The number of hydrogen-bond acceptors (Lipinski definition) is 4. The molecule has 0 bridgehead atoms. The number of para-hydroxylation sites is 1.